The Labute approximate surface area is 169 Å². The minimum absolute atomic E-state index is 0.0528. The van der Waals surface area contributed by atoms with Crippen molar-refractivity contribution in [3.05, 3.63) is 29.0 Å². The van der Waals surface area contributed by atoms with Gasteiger partial charge >= 0.3 is 5.97 Å². The molecule has 2 aromatic rings. The van der Waals surface area contributed by atoms with Crippen molar-refractivity contribution < 1.29 is 24.2 Å². The van der Waals surface area contributed by atoms with Crippen molar-refractivity contribution in [3.8, 4) is 11.5 Å². The molecule has 2 rings (SSSR count). The number of fused-ring (bicyclic) bond motifs is 1. The largest absolute Gasteiger partial charge is 0.505 e. The molecule has 7 nitrogen and oxygen atoms in total. The second kappa shape index (κ2) is 10.1. The molecule has 0 saturated carbocycles. The smallest absolute Gasteiger partial charge is 0.325 e. The Hall–Kier alpha value is -2.54. The first-order valence-electron chi connectivity index (χ1n) is 9.26. The first kappa shape index (κ1) is 21.8. The summed E-state index contributed by atoms with van der Waals surface area (Å²) in [5.41, 5.74) is -0.266. The van der Waals surface area contributed by atoms with Crippen LogP contribution < -0.4 is 10.1 Å². The fraction of sp³-hybridized carbons (Fsp3) is 0.450. The van der Waals surface area contributed by atoms with Crippen LogP contribution in [0.15, 0.2) is 18.2 Å². The number of ether oxygens (including phenoxy) is 2. The number of hydrogen-bond acceptors (Lipinski definition) is 6. The Morgan fingerprint density at radius 3 is 2.68 bits per heavy atom. The van der Waals surface area contributed by atoms with Gasteiger partial charge in [0.05, 0.1) is 12.7 Å². The van der Waals surface area contributed by atoms with Crippen LogP contribution in [0.4, 0.5) is 0 Å². The fourth-order valence-electron chi connectivity index (χ4n) is 2.57. The lowest BCUT2D eigenvalue weighted by molar-refractivity contribution is -0.142. The summed E-state index contributed by atoms with van der Waals surface area (Å²) in [6, 6.07) is 4.97. The average Bonchev–Trinajstić information content (AvgIpc) is 2.65. The lowest BCUT2D eigenvalue weighted by Gasteiger charge is -2.13. The second-order valence-corrected chi connectivity index (χ2v) is 6.94. The molecule has 0 fully saturated rings. The molecule has 0 aliphatic heterocycles. The molecule has 0 unspecified atom stereocenters. The van der Waals surface area contributed by atoms with Gasteiger partial charge in [0.1, 0.15) is 17.4 Å². The van der Waals surface area contributed by atoms with Crippen molar-refractivity contribution in [2.45, 2.75) is 46.1 Å². The van der Waals surface area contributed by atoms with E-state index in [1.165, 1.54) is 0 Å². The summed E-state index contributed by atoms with van der Waals surface area (Å²) in [7, 11) is 0. The molecule has 0 aliphatic carbocycles. The highest BCUT2D eigenvalue weighted by Gasteiger charge is 2.20. The van der Waals surface area contributed by atoms with Crippen LogP contribution in [-0.2, 0) is 9.53 Å². The summed E-state index contributed by atoms with van der Waals surface area (Å²) >= 11 is 6.16. The molecular formula is C20H25ClN2O5. The maximum atomic E-state index is 12.4. The van der Waals surface area contributed by atoms with Crippen molar-refractivity contribution in [2.75, 3.05) is 13.2 Å². The average molecular weight is 409 g/mol. The SMILES string of the molecule is CCCCCOC(=O)CNC(=O)c1nc(Cl)c2ccc(OC(C)C)cc2c1O. The van der Waals surface area contributed by atoms with Crippen molar-refractivity contribution in [2.24, 2.45) is 0 Å². The molecule has 28 heavy (non-hydrogen) atoms. The van der Waals surface area contributed by atoms with Gasteiger partial charge in [0.15, 0.2) is 11.4 Å². The summed E-state index contributed by atoms with van der Waals surface area (Å²) in [4.78, 5) is 28.0. The molecule has 1 aromatic heterocycles. The zero-order valence-electron chi connectivity index (χ0n) is 16.3. The number of pyridine rings is 1. The van der Waals surface area contributed by atoms with Crippen molar-refractivity contribution >= 4 is 34.2 Å². The predicted molar refractivity (Wildman–Crippen MR) is 107 cm³/mol. The molecule has 0 saturated heterocycles. The molecule has 1 aromatic carbocycles. The van der Waals surface area contributed by atoms with Crippen LogP contribution in [0, 0.1) is 0 Å². The van der Waals surface area contributed by atoms with E-state index in [0.29, 0.717) is 23.1 Å². The Balaban J connectivity index is 2.13. The van der Waals surface area contributed by atoms with E-state index >= 15 is 0 Å². The first-order chi connectivity index (χ1) is 13.3. The molecule has 0 bridgehead atoms. The third-order valence-corrected chi connectivity index (χ3v) is 4.18. The quantitative estimate of drug-likeness (QED) is 0.371. The number of aromatic nitrogens is 1. The van der Waals surface area contributed by atoms with Gasteiger partial charge in [-0.15, -0.1) is 0 Å². The number of amides is 1. The van der Waals surface area contributed by atoms with E-state index in [-0.39, 0.29) is 29.2 Å². The second-order valence-electron chi connectivity index (χ2n) is 6.58. The minimum Gasteiger partial charge on any atom is -0.505 e. The highest BCUT2D eigenvalue weighted by Crippen LogP contribution is 2.34. The monoisotopic (exact) mass is 408 g/mol. The van der Waals surface area contributed by atoms with E-state index < -0.39 is 11.9 Å². The molecule has 152 valence electrons. The number of benzene rings is 1. The number of carbonyl (C=O) groups is 2. The number of nitrogens with one attached hydrogen (secondary N) is 1. The van der Waals surface area contributed by atoms with Crippen LogP contribution in [0.25, 0.3) is 10.8 Å². The Bertz CT molecular complexity index is 854. The molecule has 1 amide bonds. The van der Waals surface area contributed by atoms with E-state index in [4.69, 9.17) is 21.1 Å². The Morgan fingerprint density at radius 1 is 1.25 bits per heavy atom. The van der Waals surface area contributed by atoms with Crippen LogP contribution in [0.5, 0.6) is 11.5 Å². The maximum Gasteiger partial charge on any atom is 0.325 e. The number of aromatic hydroxyl groups is 1. The zero-order chi connectivity index (χ0) is 20.7. The standard InChI is InChI=1S/C20H25ClN2O5/c1-4-5-6-9-27-16(24)11-22-20(26)17-18(25)15-10-13(28-12(2)3)7-8-14(15)19(21)23-17/h7-8,10,12,25H,4-6,9,11H2,1-3H3,(H,22,26). The summed E-state index contributed by atoms with van der Waals surface area (Å²) in [5, 5.41) is 13.8. The number of esters is 1. The molecule has 0 aliphatic rings. The number of carbonyl (C=O) groups excluding carboxylic acids is 2. The van der Waals surface area contributed by atoms with Gasteiger partial charge in [-0.1, -0.05) is 31.4 Å². The minimum atomic E-state index is -0.720. The fourth-order valence-corrected chi connectivity index (χ4v) is 2.82. The molecule has 0 spiro atoms. The number of rotatable bonds is 9. The van der Waals surface area contributed by atoms with Crippen LogP contribution >= 0.6 is 11.6 Å². The summed E-state index contributed by atoms with van der Waals surface area (Å²) in [5.74, 6) is -1.07. The van der Waals surface area contributed by atoms with E-state index in [1.54, 1.807) is 18.2 Å². The summed E-state index contributed by atoms with van der Waals surface area (Å²) in [6.45, 7) is 5.80. The van der Waals surface area contributed by atoms with E-state index in [0.717, 1.165) is 19.3 Å². The van der Waals surface area contributed by atoms with Gasteiger partial charge in [-0.25, -0.2) is 4.98 Å². The van der Waals surface area contributed by atoms with E-state index in [2.05, 4.69) is 10.3 Å². The topological polar surface area (TPSA) is 97.8 Å². The summed E-state index contributed by atoms with van der Waals surface area (Å²) < 4.78 is 10.6. The number of unbranched alkanes of at least 4 members (excludes halogenated alkanes) is 2. The van der Waals surface area contributed by atoms with Crippen molar-refractivity contribution in [1.82, 2.24) is 10.3 Å². The lowest BCUT2D eigenvalue weighted by atomic mass is 10.1. The Kier molecular flexibility index (Phi) is 7.87. The highest BCUT2D eigenvalue weighted by atomic mass is 35.5. The normalized spacial score (nSPS) is 10.9. The maximum absolute atomic E-state index is 12.4. The van der Waals surface area contributed by atoms with Crippen LogP contribution in [0.3, 0.4) is 0 Å². The van der Waals surface area contributed by atoms with Gasteiger partial charge in [0.25, 0.3) is 5.91 Å². The number of hydrogen-bond donors (Lipinski definition) is 2. The van der Waals surface area contributed by atoms with Gasteiger partial charge in [0, 0.05) is 10.8 Å². The molecule has 8 heteroatoms. The number of nitrogens with zero attached hydrogens (tertiary/aromatic N) is 1. The first-order valence-corrected chi connectivity index (χ1v) is 9.64. The van der Waals surface area contributed by atoms with Gasteiger partial charge in [-0.05, 0) is 38.5 Å². The zero-order valence-corrected chi connectivity index (χ0v) is 17.0. The van der Waals surface area contributed by atoms with Crippen LogP contribution in [0.1, 0.15) is 50.5 Å². The van der Waals surface area contributed by atoms with Crippen LogP contribution in [-0.4, -0.2) is 41.2 Å². The lowest BCUT2D eigenvalue weighted by Crippen LogP contribution is -2.31. The van der Waals surface area contributed by atoms with Gasteiger partial charge < -0.3 is 19.9 Å². The summed E-state index contributed by atoms with van der Waals surface area (Å²) in [6.07, 6.45) is 2.71. The highest BCUT2D eigenvalue weighted by molar-refractivity contribution is 6.35. The molecule has 1 heterocycles. The van der Waals surface area contributed by atoms with Gasteiger partial charge in [-0.2, -0.15) is 0 Å². The third kappa shape index (κ3) is 5.73. The van der Waals surface area contributed by atoms with E-state index in [1.807, 2.05) is 20.8 Å². The molecule has 0 atom stereocenters. The predicted octanol–water partition coefficient (Wildman–Crippen LogP) is 3.84. The molecule has 2 N–H and O–H groups in total. The molecule has 0 radical (unpaired) electrons. The third-order valence-electron chi connectivity index (χ3n) is 3.89. The number of halogens is 1. The van der Waals surface area contributed by atoms with Gasteiger partial charge in [-0.3, -0.25) is 9.59 Å². The van der Waals surface area contributed by atoms with E-state index in [9.17, 15) is 14.7 Å². The molecular weight excluding hydrogens is 384 g/mol. The Morgan fingerprint density at radius 2 is 2.00 bits per heavy atom. The van der Waals surface area contributed by atoms with Gasteiger partial charge in [0.2, 0.25) is 0 Å². The van der Waals surface area contributed by atoms with Crippen molar-refractivity contribution in [1.29, 1.82) is 0 Å². The van der Waals surface area contributed by atoms with Crippen molar-refractivity contribution in [3.63, 3.8) is 0 Å². The van der Waals surface area contributed by atoms with Crippen LogP contribution in [0.2, 0.25) is 5.15 Å².